The number of likely N-dealkylation sites (tertiary alicyclic amines) is 2. The molecule has 2 aliphatic heterocycles. The van der Waals surface area contributed by atoms with Gasteiger partial charge in [-0.1, -0.05) is 35.3 Å². The zero-order valence-electron chi connectivity index (χ0n) is 21.3. The molecular formula is C27H30Cl2N4O4. The minimum absolute atomic E-state index is 0.00541. The van der Waals surface area contributed by atoms with Gasteiger partial charge in [0.2, 0.25) is 11.8 Å². The first-order valence-corrected chi connectivity index (χ1v) is 13.0. The van der Waals surface area contributed by atoms with E-state index in [1.165, 1.54) is 6.20 Å². The molecule has 0 bridgehead atoms. The summed E-state index contributed by atoms with van der Waals surface area (Å²) in [4.78, 5) is 33.3. The maximum atomic E-state index is 13.4. The predicted octanol–water partition coefficient (Wildman–Crippen LogP) is 5.14. The zero-order valence-corrected chi connectivity index (χ0v) is 22.8. The first-order valence-electron chi connectivity index (χ1n) is 12.2. The van der Waals surface area contributed by atoms with Gasteiger partial charge in [0, 0.05) is 50.3 Å². The van der Waals surface area contributed by atoms with Gasteiger partial charge < -0.3 is 19.3 Å². The highest BCUT2D eigenvalue weighted by Gasteiger charge is 2.46. The van der Waals surface area contributed by atoms with Crippen molar-refractivity contribution < 1.29 is 19.1 Å². The number of hydrogen-bond donors (Lipinski definition) is 0. The molecule has 3 atom stereocenters. The van der Waals surface area contributed by atoms with E-state index in [0.29, 0.717) is 47.7 Å². The number of nitrogens with zero attached hydrogens (tertiary/aromatic N) is 4. The van der Waals surface area contributed by atoms with Gasteiger partial charge in [-0.3, -0.25) is 4.79 Å². The molecule has 0 radical (unpaired) electrons. The lowest BCUT2D eigenvalue weighted by molar-refractivity contribution is -0.139. The van der Waals surface area contributed by atoms with Crippen LogP contribution in [0.4, 0.5) is 4.79 Å². The van der Waals surface area contributed by atoms with Gasteiger partial charge in [0.05, 0.1) is 21.5 Å². The Labute approximate surface area is 227 Å². The van der Waals surface area contributed by atoms with Crippen LogP contribution in [-0.4, -0.2) is 64.7 Å². The second-order valence-electron chi connectivity index (χ2n) is 10.6. The van der Waals surface area contributed by atoms with Crippen molar-refractivity contribution in [2.75, 3.05) is 26.2 Å². The van der Waals surface area contributed by atoms with Gasteiger partial charge in [-0.25, -0.2) is 9.78 Å². The Morgan fingerprint density at radius 3 is 2.46 bits per heavy atom. The van der Waals surface area contributed by atoms with Gasteiger partial charge >= 0.3 is 6.09 Å². The average Bonchev–Trinajstić information content (AvgIpc) is 3.24. The summed E-state index contributed by atoms with van der Waals surface area (Å²) >= 11 is 12.9. The second kappa shape index (κ2) is 10.8. The number of benzene rings is 1. The summed E-state index contributed by atoms with van der Waals surface area (Å²) in [6.07, 6.45) is 0.750. The molecule has 2 aromatic rings. The van der Waals surface area contributed by atoms with Crippen LogP contribution in [0.25, 0.3) is 0 Å². The van der Waals surface area contributed by atoms with Crippen LogP contribution in [0.15, 0.2) is 36.5 Å². The Kier molecular flexibility index (Phi) is 7.86. The molecule has 3 heterocycles. The van der Waals surface area contributed by atoms with Crippen LogP contribution in [0, 0.1) is 23.2 Å². The van der Waals surface area contributed by atoms with Crippen LogP contribution in [0.3, 0.4) is 0 Å². The van der Waals surface area contributed by atoms with Crippen molar-refractivity contribution in [3.63, 3.8) is 0 Å². The summed E-state index contributed by atoms with van der Waals surface area (Å²) < 4.78 is 11.5. The highest BCUT2D eigenvalue weighted by molar-refractivity contribution is 6.42. The van der Waals surface area contributed by atoms with Crippen molar-refractivity contribution in [2.45, 2.75) is 45.3 Å². The Hall–Kier alpha value is -3.02. The molecule has 0 N–H and O–H groups in total. The zero-order chi connectivity index (χ0) is 26.9. The fourth-order valence-electron chi connectivity index (χ4n) is 4.78. The number of rotatable bonds is 5. The normalized spacial score (nSPS) is 20.7. The quantitative estimate of drug-likeness (QED) is 0.517. The number of halogens is 2. The first kappa shape index (κ1) is 27.0. The maximum absolute atomic E-state index is 13.4. The number of carbonyl (C=O) groups excluding carboxylic acids is 2. The molecule has 2 aliphatic rings. The highest BCUT2D eigenvalue weighted by atomic mass is 35.5. The third-order valence-electron chi connectivity index (χ3n) is 6.72. The molecule has 0 unspecified atom stereocenters. The monoisotopic (exact) mass is 544 g/mol. The largest absolute Gasteiger partial charge is 0.474 e. The summed E-state index contributed by atoms with van der Waals surface area (Å²) in [5.74, 6) is -0.0727. The number of aromatic nitrogens is 1. The van der Waals surface area contributed by atoms with Gasteiger partial charge in [0.15, 0.2) is 0 Å². The molecule has 1 aromatic carbocycles. The van der Waals surface area contributed by atoms with Crippen LogP contribution in [-0.2, 0) is 9.53 Å². The summed E-state index contributed by atoms with van der Waals surface area (Å²) in [7, 11) is 0. The lowest BCUT2D eigenvalue weighted by Crippen LogP contribution is -2.57. The van der Waals surface area contributed by atoms with Crippen molar-refractivity contribution in [1.82, 2.24) is 14.8 Å². The van der Waals surface area contributed by atoms with Crippen molar-refractivity contribution in [3.05, 3.63) is 57.7 Å². The molecule has 2 fully saturated rings. The lowest BCUT2D eigenvalue weighted by Gasteiger charge is -2.40. The van der Waals surface area contributed by atoms with Crippen molar-refractivity contribution in [3.8, 4) is 11.9 Å². The number of amides is 2. The van der Waals surface area contributed by atoms with E-state index in [-0.39, 0.29) is 29.8 Å². The molecule has 2 saturated heterocycles. The number of pyridine rings is 1. The van der Waals surface area contributed by atoms with Crippen LogP contribution in [0.2, 0.25) is 10.0 Å². The number of carbonyl (C=O) groups is 2. The Morgan fingerprint density at radius 2 is 1.84 bits per heavy atom. The van der Waals surface area contributed by atoms with Crippen molar-refractivity contribution in [2.24, 2.45) is 11.8 Å². The van der Waals surface area contributed by atoms with Gasteiger partial charge in [0.1, 0.15) is 17.8 Å². The molecular weight excluding hydrogens is 515 g/mol. The molecule has 8 nitrogen and oxygen atoms in total. The summed E-state index contributed by atoms with van der Waals surface area (Å²) in [6.45, 7) is 8.98. The third-order valence-corrected chi connectivity index (χ3v) is 7.55. The molecule has 196 valence electrons. The fraction of sp³-hybridized carbons (Fsp3) is 0.481. The maximum Gasteiger partial charge on any atom is 0.410 e. The average molecular weight is 545 g/mol. The van der Waals surface area contributed by atoms with E-state index in [4.69, 9.17) is 37.9 Å². The lowest BCUT2D eigenvalue weighted by atomic mass is 9.85. The SMILES string of the molecule is C[C@H](Oc1ccc(C#N)cn1)[C@H]1CN(C(=O)C2CN(C(=O)OC(C)(C)C)C2)C[C@@H]1c1cccc(Cl)c1Cl. The van der Waals surface area contributed by atoms with E-state index in [1.807, 2.05) is 50.8 Å². The van der Waals surface area contributed by atoms with E-state index in [1.54, 1.807) is 23.1 Å². The smallest absolute Gasteiger partial charge is 0.410 e. The van der Waals surface area contributed by atoms with Crippen LogP contribution in [0.1, 0.15) is 44.7 Å². The number of ether oxygens (including phenoxy) is 2. The summed E-state index contributed by atoms with van der Waals surface area (Å²) in [5.41, 5.74) is 0.724. The van der Waals surface area contributed by atoms with Crippen LogP contribution < -0.4 is 4.74 Å². The molecule has 10 heteroatoms. The number of nitriles is 1. The van der Waals surface area contributed by atoms with Crippen LogP contribution >= 0.6 is 23.2 Å². The van der Waals surface area contributed by atoms with Gasteiger partial charge in [-0.2, -0.15) is 5.26 Å². The number of hydrogen-bond acceptors (Lipinski definition) is 6. The summed E-state index contributed by atoms with van der Waals surface area (Å²) in [5, 5.41) is 9.94. The molecule has 37 heavy (non-hydrogen) atoms. The Bertz CT molecular complexity index is 1200. The molecule has 0 spiro atoms. The van der Waals surface area contributed by atoms with E-state index in [9.17, 15) is 9.59 Å². The molecule has 0 aliphatic carbocycles. The van der Waals surface area contributed by atoms with Gasteiger partial charge in [0.25, 0.3) is 0 Å². The van der Waals surface area contributed by atoms with Crippen LogP contribution in [0.5, 0.6) is 5.88 Å². The fourth-order valence-corrected chi connectivity index (χ4v) is 5.23. The van der Waals surface area contributed by atoms with E-state index in [2.05, 4.69) is 4.98 Å². The Morgan fingerprint density at radius 1 is 1.11 bits per heavy atom. The topological polar surface area (TPSA) is 95.8 Å². The predicted molar refractivity (Wildman–Crippen MR) is 140 cm³/mol. The van der Waals surface area contributed by atoms with Gasteiger partial charge in [-0.15, -0.1) is 0 Å². The van der Waals surface area contributed by atoms with E-state index >= 15 is 0 Å². The minimum Gasteiger partial charge on any atom is -0.474 e. The first-order chi connectivity index (χ1) is 17.5. The van der Waals surface area contributed by atoms with E-state index in [0.717, 1.165) is 5.56 Å². The molecule has 0 saturated carbocycles. The molecule has 4 rings (SSSR count). The molecule has 1 aromatic heterocycles. The highest BCUT2D eigenvalue weighted by Crippen LogP contribution is 2.41. The van der Waals surface area contributed by atoms with Crippen molar-refractivity contribution in [1.29, 1.82) is 5.26 Å². The third kappa shape index (κ3) is 6.11. The van der Waals surface area contributed by atoms with Gasteiger partial charge in [-0.05, 0) is 45.4 Å². The van der Waals surface area contributed by atoms with E-state index < -0.39 is 11.7 Å². The summed E-state index contributed by atoms with van der Waals surface area (Å²) in [6, 6.07) is 10.9. The standard InChI is InChI=1S/C27H30Cl2N4O4/c1-16(36-23-9-8-17(10-30)11-31-23)20-14-32(15-21(20)19-6-5-7-22(28)24(19)29)25(34)18-12-33(13-18)26(35)37-27(2,3)4/h5-9,11,16,18,20-21H,12-15H2,1-4H3/t16-,20+,21+/m0/s1. The Balaban J connectivity index is 1.49. The van der Waals surface area contributed by atoms with Crippen molar-refractivity contribution >= 4 is 35.2 Å². The molecule has 2 amide bonds. The second-order valence-corrected chi connectivity index (χ2v) is 11.3. The minimum atomic E-state index is -0.586.